The Hall–Kier alpha value is -3.32. The first-order valence-corrected chi connectivity index (χ1v) is 11.5. The third-order valence-corrected chi connectivity index (χ3v) is 7.14. The maximum absolute atomic E-state index is 14.3. The Morgan fingerprint density at radius 2 is 1.73 bits per heavy atom. The molecule has 1 aromatic heterocycles. The lowest BCUT2D eigenvalue weighted by atomic mass is 10.2. The molecule has 0 atom stereocenters. The summed E-state index contributed by atoms with van der Waals surface area (Å²) in [6.45, 7) is -0.253. The van der Waals surface area contributed by atoms with Crippen LogP contribution in [0.1, 0.15) is 29.6 Å². The molecule has 1 aromatic carbocycles. The van der Waals surface area contributed by atoms with Gasteiger partial charge in [-0.3, -0.25) is 18.7 Å². The van der Waals surface area contributed by atoms with Crippen LogP contribution in [0.4, 0.5) is 10.2 Å². The summed E-state index contributed by atoms with van der Waals surface area (Å²) in [5, 5.41) is 2.28. The molecule has 0 unspecified atom stereocenters. The standard InChI is InChI=1S/C20H23FN4O7S/c1-23-16(11-18(27)24(2)20(23)29)22-17(26)12-32-19(28)13-6-7-14(21)15(10-13)33(30,31)25-8-4-3-5-9-25/h6-7,10-11H,3-5,8-9,12H2,1-2H3,(H,22,26). The number of nitrogens with zero attached hydrogens (tertiary/aromatic N) is 3. The SMILES string of the molecule is Cn1c(NC(=O)COC(=O)c2ccc(F)c(S(=O)(=O)N3CCCCC3)c2)cc(=O)n(C)c1=O. The van der Waals surface area contributed by atoms with Crippen LogP contribution in [0, 0.1) is 5.82 Å². The number of nitrogens with one attached hydrogen (secondary N) is 1. The van der Waals surface area contributed by atoms with Crippen LogP contribution in [0.15, 0.2) is 38.8 Å². The quantitative estimate of drug-likeness (QED) is 0.581. The van der Waals surface area contributed by atoms with E-state index in [0.717, 1.165) is 39.8 Å². The van der Waals surface area contributed by atoms with Crippen molar-refractivity contribution in [2.45, 2.75) is 24.2 Å². The molecule has 2 heterocycles. The number of ether oxygens (including phenoxy) is 1. The summed E-state index contributed by atoms with van der Waals surface area (Å²) < 4.78 is 47.8. The molecule has 13 heteroatoms. The molecule has 1 aliphatic heterocycles. The molecule has 0 aliphatic carbocycles. The molecule has 0 saturated carbocycles. The summed E-state index contributed by atoms with van der Waals surface area (Å²) in [4.78, 5) is 47.5. The van der Waals surface area contributed by atoms with Gasteiger partial charge in [-0.2, -0.15) is 4.31 Å². The average molecular weight is 482 g/mol. The van der Waals surface area contributed by atoms with Crippen molar-refractivity contribution in [3.05, 3.63) is 56.5 Å². The molecular formula is C20H23FN4O7S. The second-order valence-electron chi connectivity index (χ2n) is 7.50. The lowest BCUT2D eigenvalue weighted by molar-refractivity contribution is -0.119. The fourth-order valence-corrected chi connectivity index (χ4v) is 4.93. The first kappa shape index (κ1) is 24.3. The minimum Gasteiger partial charge on any atom is -0.452 e. The number of anilines is 1. The van der Waals surface area contributed by atoms with Gasteiger partial charge in [0, 0.05) is 33.3 Å². The highest BCUT2D eigenvalue weighted by atomic mass is 32.2. The molecule has 1 saturated heterocycles. The van der Waals surface area contributed by atoms with Gasteiger partial charge in [0.1, 0.15) is 16.5 Å². The molecule has 2 aromatic rings. The minimum absolute atomic E-state index is 0.0964. The maximum atomic E-state index is 14.3. The Balaban J connectivity index is 1.71. The van der Waals surface area contributed by atoms with E-state index in [4.69, 9.17) is 4.74 Å². The molecular weight excluding hydrogens is 459 g/mol. The van der Waals surface area contributed by atoms with Gasteiger partial charge in [-0.1, -0.05) is 6.42 Å². The van der Waals surface area contributed by atoms with Crippen LogP contribution >= 0.6 is 0 Å². The van der Waals surface area contributed by atoms with Crippen molar-refractivity contribution >= 4 is 27.7 Å². The van der Waals surface area contributed by atoms with Gasteiger partial charge in [-0.15, -0.1) is 0 Å². The van der Waals surface area contributed by atoms with Gasteiger partial charge in [0.15, 0.2) is 6.61 Å². The molecule has 0 bridgehead atoms. The zero-order valence-electron chi connectivity index (χ0n) is 18.0. The highest BCUT2D eigenvalue weighted by Gasteiger charge is 2.29. The van der Waals surface area contributed by atoms with Crippen LogP contribution in [0.2, 0.25) is 0 Å². The Labute approximate surface area is 188 Å². The molecule has 1 fully saturated rings. The second kappa shape index (κ2) is 9.67. The third-order valence-electron chi connectivity index (χ3n) is 5.23. The minimum atomic E-state index is -4.13. The highest BCUT2D eigenvalue weighted by molar-refractivity contribution is 7.89. The number of aromatic nitrogens is 2. The number of piperidine rings is 1. The number of benzene rings is 1. The summed E-state index contributed by atoms with van der Waals surface area (Å²) in [6, 6.07) is 3.81. The van der Waals surface area contributed by atoms with Gasteiger partial charge in [0.25, 0.3) is 11.5 Å². The number of amides is 1. The number of sulfonamides is 1. The van der Waals surface area contributed by atoms with E-state index in [0.29, 0.717) is 12.8 Å². The lowest BCUT2D eigenvalue weighted by Crippen LogP contribution is -2.38. The van der Waals surface area contributed by atoms with Gasteiger partial charge in [0.05, 0.1) is 5.56 Å². The summed E-state index contributed by atoms with van der Waals surface area (Å²) in [7, 11) is -1.51. The zero-order valence-corrected chi connectivity index (χ0v) is 18.9. The Bertz CT molecular complexity index is 1310. The molecule has 3 rings (SSSR count). The van der Waals surface area contributed by atoms with E-state index in [1.807, 2.05) is 0 Å². The second-order valence-corrected chi connectivity index (χ2v) is 9.41. The van der Waals surface area contributed by atoms with E-state index in [9.17, 15) is 32.0 Å². The third kappa shape index (κ3) is 5.20. The monoisotopic (exact) mass is 482 g/mol. The normalized spacial score (nSPS) is 14.6. The average Bonchev–Trinajstić information content (AvgIpc) is 2.80. The van der Waals surface area contributed by atoms with Crippen LogP contribution in [0.25, 0.3) is 0 Å². The lowest BCUT2D eigenvalue weighted by Gasteiger charge is -2.26. The Morgan fingerprint density at radius 3 is 2.39 bits per heavy atom. The number of hydrogen-bond acceptors (Lipinski definition) is 7. The van der Waals surface area contributed by atoms with Crippen molar-refractivity contribution in [1.82, 2.24) is 13.4 Å². The summed E-state index contributed by atoms with van der Waals surface area (Å²) in [5.41, 5.74) is -1.55. The number of carbonyl (C=O) groups is 2. The van der Waals surface area contributed by atoms with Crippen LogP contribution in [-0.4, -0.2) is 53.4 Å². The summed E-state index contributed by atoms with van der Waals surface area (Å²) >= 11 is 0. The van der Waals surface area contributed by atoms with E-state index in [-0.39, 0.29) is 24.5 Å². The smallest absolute Gasteiger partial charge is 0.338 e. The van der Waals surface area contributed by atoms with Gasteiger partial charge < -0.3 is 10.1 Å². The maximum Gasteiger partial charge on any atom is 0.338 e. The van der Waals surface area contributed by atoms with Crippen molar-refractivity contribution in [2.75, 3.05) is 25.0 Å². The molecule has 0 spiro atoms. The number of hydrogen-bond donors (Lipinski definition) is 1. The van der Waals surface area contributed by atoms with Crippen LogP contribution < -0.4 is 16.6 Å². The predicted molar refractivity (Wildman–Crippen MR) is 115 cm³/mol. The van der Waals surface area contributed by atoms with E-state index >= 15 is 0 Å². The van der Waals surface area contributed by atoms with E-state index in [1.165, 1.54) is 18.4 Å². The Morgan fingerprint density at radius 1 is 1.06 bits per heavy atom. The molecule has 11 nitrogen and oxygen atoms in total. The first-order chi connectivity index (χ1) is 15.5. The van der Waals surface area contributed by atoms with Crippen molar-refractivity contribution < 1.29 is 27.1 Å². The number of rotatable bonds is 6. The zero-order chi connectivity index (χ0) is 24.3. The van der Waals surface area contributed by atoms with Crippen LogP contribution in [-0.2, 0) is 33.7 Å². The van der Waals surface area contributed by atoms with Gasteiger partial charge in [-0.05, 0) is 31.0 Å². The molecule has 1 N–H and O–H groups in total. The molecule has 1 amide bonds. The molecule has 0 radical (unpaired) electrons. The fraction of sp³-hybridized carbons (Fsp3) is 0.400. The van der Waals surface area contributed by atoms with Crippen molar-refractivity contribution in [1.29, 1.82) is 0 Å². The van der Waals surface area contributed by atoms with Gasteiger partial charge in [-0.25, -0.2) is 22.4 Å². The number of esters is 1. The van der Waals surface area contributed by atoms with Gasteiger partial charge >= 0.3 is 11.7 Å². The summed E-state index contributed by atoms with van der Waals surface area (Å²) in [5.74, 6) is -2.98. The van der Waals surface area contributed by atoms with Crippen molar-refractivity contribution in [2.24, 2.45) is 14.1 Å². The number of carbonyl (C=O) groups excluding carboxylic acids is 2. The van der Waals surface area contributed by atoms with E-state index < -0.39 is 50.5 Å². The van der Waals surface area contributed by atoms with E-state index in [1.54, 1.807) is 0 Å². The highest BCUT2D eigenvalue weighted by Crippen LogP contribution is 2.24. The topological polar surface area (TPSA) is 137 Å². The molecule has 178 valence electrons. The van der Waals surface area contributed by atoms with Gasteiger partial charge in [0.2, 0.25) is 10.0 Å². The Kier molecular flexibility index (Phi) is 7.12. The van der Waals surface area contributed by atoms with E-state index in [2.05, 4.69) is 5.32 Å². The van der Waals surface area contributed by atoms with Crippen molar-refractivity contribution in [3.63, 3.8) is 0 Å². The first-order valence-electron chi connectivity index (χ1n) is 10.1. The fourth-order valence-electron chi connectivity index (χ4n) is 3.32. The van der Waals surface area contributed by atoms with Crippen LogP contribution in [0.3, 0.4) is 0 Å². The number of halogens is 1. The van der Waals surface area contributed by atoms with Crippen molar-refractivity contribution in [3.8, 4) is 0 Å². The molecule has 33 heavy (non-hydrogen) atoms. The van der Waals surface area contributed by atoms with Crippen LogP contribution in [0.5, 0.6) is 0 Å². The predicted octanol–water partition coefficient (Wildman–Crippen LogP) is 0.193. The largest absolute Gasteiger partial charge is 0.452 e. The molecule has 1 aliphatic rings. The summed E-state index contributed by atoms with van der Waals surface area (Å²) in [6.07, 6.45) is 2.21.